The monoisotopic (exact) mass is 484 g/mol. The summed E-state index contributed by atoms with van der Waals surface area (Å²) < 4.78 is 66.1. The predicted octanol–water partition coefficient (Wildman–Crippen LogP) is 3.45. The Bertz CT molecular complexity index is 1290. The summed E-state index contributed by atoms with van der Waals surface area (Å²) in [6.45, 7) is -0.0172. The van der Waals surface area contributed by atoms with Gasteiger partial charge >= 0.3 is 6.18 Å². The molecule has 12 heteroatoms. The first-order chi connectivity index (χ1) is 15.1. The van der Waals surface area contributed by atoms with Crippen LogP contribution < -0.4 is 0 Å². The average Bonchev–Trinajstić information content (AvgIpc) is 2.77. The molecule has 0 aliphatic carbocycles. The molecule has 0 saturated carbocycles. The molecule has 0 radical (unpaired) electrons. The summed E-state index contributed by atoms with van der Waals surface area (Å²) in [6.07, 6.45) is -3.42. The molecule has 0 unspecified atom stereocenters. The van der Waals surface area contributed by atoms with E-state index < -0.39 is 37.6 Å². The number of alkyl halides is 3. The number of rotatable bonds is 3. The molecular weight excluding hydrogens is 469 g/mol. The van der Waals surface area contributed by atoms with Crippen molar-refractivity contribution >= 4 is 38.6 Å². The van der Waals surface area contributed by atoms with Gasteiger partial charge in [0, 0.05) is 26.2 Å². The van der Waals surface area contributed by atoms with Crippen LogP contribution in [0.1, 0.15) is 16.1 Å². The minimum absolute atomic E-state index is 0.0618. The molecule has 1 aromatic heterocycles. The number of carbonyl (C=O) groups is 1. The molecule has 2 aromatic carbocycles. The van der Waals surface area contributed by atoms with E-state index in [4.69, 9.17) is 11.6 Å². The molecule has 0 spiro atoms. The van der Waals surface area contributed by atoms with Gasteiger partial charge in [0.25, 0.3) is 5.91 Å². The van der Waals surface area contributed by atoms with Crippen LogP contribution in [-0.2, 0) is 16.2 Å². The second-order valence-corrected chi connectivity index (χ2v) is 9.42. The zero-order chi connectivity index (χ0) is 23.1. The Kier molecular flexibility index (Phi) is 5.82. The SMILES string of the molecule is O=C(c1cnc2ccccc2n1)N1CCN(S(=O)(=O)c2ccc(Cl)c(C(F)(F)F)c2)CC1. The molecule has 1 fully saturated rings. The summed E-state index contributed by atoms with van der Waals surface area (Å²) in [5.41, 5.74) is 0.111. The van der Waals surface area contributed by atoms with Gasteiger partial charge in [-0.1, -0.05) is 23.7 Å². The third-order valence-electron chi connectivity index (χ3n) is 5.07. The van der Waals surface area contributed by atoms with Crippen LogP contribution in [0.3, 0.4) is 0 Å². The number of fused-ring (bicyclic) bond motifs is 1. The highest BCUT2D eigenvalue weighted by atomic mass is 35.5. The van der Waals surface area contributed by atoms with Crippen molar-refractivity contribution < 1.29 is 26.4 Å². The zero-order valence-electron chi connectivity index (χ0n) is 16.4. The summed E-state index contributed by atoms with van der Waals surface area (Å²) in [5, 5.41) is -0.580. The van der Waals surface area contributed by atoms with Gasteiger partial charge in [-0.2, -0.15) is 17.5 Å². The third kappa shape index (κ3) is 4.27. The van der Waals surface area contributed by atoms with Crippen molar-refractivity contribution in [2.24, 2.45) is 0 Å². The largest absolute Gasteiger partial charge is 0.417 e. The predicted molar refractivity (Wildman–Crippen MR) is 111 cm³/mol. The number of piperazine rings is 1. The van der Waals surface area contributed by atoms with Crippen LogP contribution in [0.5, 0.6) is 0 Å². The topological polar surface area (TPSA) is 83.5 Å². The van der Waals surface area contributed by atoms with Crippen LogP contribution >= 0.6 is 11.6 Å². The fraction of sp³-hybridized carbons (Fsp3) is 0.250. The smallest absolute Gasteiger partial charge is 0.335 e. The van der Waals surface area contributed by atoms with Crippen molar-refractivity contribution in [3.05, 3.63) is 64.9 Å². The molecule has 7 nitrogen and oxygen atoms in total. The molecule has 4 rings (SSSR count). The number of aromatic nitrogens is 2. The molecule has 32 heavy (non-hydrogen) atoms. The summed E-state index contributed by atoms with van der Waals surface area (Å²) in [7, 11) is -4.20. The Morgan fingerprint density at radius 2 is 1.66 bits per heavy atom. The Labute approximate surface area is 186 Å². The van der Waals surface area contributed by atoms with E-state index >= 15 is 0 Å². The van der Waals surface area contributed by atoms with Gasteiger partial charge in [0.1, 0.15) is 5.69 Å². The Hall–Kier alpha value is -2.76. The van der Waals surface area contributed by atoms with E-state index in [0.29, 0.717) is 17.1 Å². The fourth-order valence-electron chi connectivity index (χ4n) is 3.38. The van der Waals surface area contributed by atoms with Crippen LogP contribution in [0.15, 0.2) is 53.6 Å². The first kappa shape index (κ1) is 22.4. The molecule has 0 N–H and O–H groups in total. The lowest BCUT2D eigenvalue weighted by molar-refractivity contribution is -0.137. The summed E-state index contributed by atoms with van der Waals surface area (Å²) >= 11 is 5.58. The number of carbonyl (C=O) groups excluding carboxylic acids is 1. The standard InChI is InChI=1S/C20H16ClF3N4O3S/c21-15-6-5-13(11-14(15)20(22,23)24)32(30,31)28-9-7-27(8-10-28)19(29)18-12-25-16-3-1-2-4-17(16)26-18/h1-6,11-12H,7-10H2. The second-order valence-electron chi connectivity index (χ2n) is 7.08. The zero-order valence-corrected chi connectivity index (χ0v) is 18.0. The van der Waals surface area contributed by atoms with Crippen molar-refractivity contribution in [3.63, 3.8) is 0 Å². The highest BCUT2D eigenvalue weighted by Gasteiger charge is 2.36. The molecule has 1 aliphatic rings. The van der Waals surface area contributed by atoms with Gasteiger partial charge in [-0.05, 0) is 30.3 Å². The van der Waals surface area contributed by atoms with Crippen molar-refractivity contribution in [3.8, 4) is 0 Å². The van der Waals surface area contributed by atoms with Gasteiger partial charge in [0.05, 0.1) is 32.7 Å². The molecule has 1 amide bonds. The van der Waals surface area contributed by atoms with E-state index in [9.17, 15) is 26.4 Å². The van der Waals surface area contributed by atoms with E-state index in [1.54, 1.807) is 24.3 Å². The highest BCUT2D eigenvalue weighted by Crippen LogP contribution is 2.36. The van der Waals surface area contributed by atoms with Crippen molar-refractivity contribution in [1.82, 2.24) is 19.2 Å². The van der Waals surface area contributed by atoms with E-state index in [2.05, 4.69) is 9.97 Å². The summed E-state index contributed by atoms with van der Waals surface area (Å²) in [5.74, 6) is -0.397. The third-order valence-corrected chi connectivity index (χ3v) is 7.30. The Morgan fingerprint density at radius 1 is 1.00 bits per heavy atom. The Morgan fingerprint density at radius 3 is 2.31 bits per heavy atom. The number of halogens is 4. The molecule has 2 heterocycles. The van der Waals surface area contributed by atoms with Gasteiger partial charge in [0.15, 0.2) is 0 Å². The normalized spacial score (nSPS) is 15.8. The number of benzene rings is 2. The summed E-state index contributed by atoms with van der Waals surface area (Å²) in [4.78, 5) is 22.2. The number of para-hydroxylation sites is 2. The number of amides is 1. The van der Waals surface area contributed by atoms with Crippen LogP contribution in [0.25, 0.3) is 11.0 Å². The highest BCUT2D eigenvalue weighted by molar-refractivity contribution is 7.89. The molecule has 0 bridgehead atoms. The molecular formula is C20H16ClF3N4O3S. The lowest BCUT2D eigenvalue weighted by Gasteiger charge is -2.33. The number of hydrogen-bond acceptors (Lipinski definition) is 5. The molecule has 1 saturated heterocycles. The van der Waals surface area contributed by atoms with Crippen LogP contribution in [0.2, 0.25) is 5.02 Å². The van der Waals surface area contributed by atoms with Crippen LogP contribution in [0.4, 0.5) is 13.2 Å². The fourth-order valence-corrected chi connectivity index (χ4v) is 5.06. The minimum atomic E-state index is -4.78. The van der Waals surface area contributed by atoms with Gasteiger partial charge in [0.2, 0.25) is 10.0 Å². The van der Waals surface area contributed by atoms with E-state index in [-0.39, 0.29) is 31.9 Å². The first-order valence-electron chi connectivity index (χ1n) is 9.45. The number of nitrogens with zero attached hydrogens (tertiary/aromatic N) is 4. The van der Waals surface area contributed by atoms with E-state index in [1.165, 1.54) is 11.1 Å². The lowest BCUT2D eigenvalue weighted by Crippen LogP contribution is -2.50. The van der Waals surface area contributed by atoms with Gasteiger partial charge < -0.3 is 4.90 Å². The van der Waals surface area contributed by atoms with E-state index in [0.717, 1.165) is 16.4 Å². The maximum absolute atomic E-state index is 13.1. The number of hydrogen-bond donors (Lipinski definition) is 0. The maximum Gasteiger partial charge on any atom is 0.417 e. The molecule has 1 aliphatic heterocycles. The Balaban J connectivity index is 1.49. The first-order valence-corrected chi connectivity index (χ1v) is 11.3. The van der Waals surface area contributed by atoms with Crippen LogP contribution in [0, 0.1) is 0 Å². The number of sulfonamides is 1. The van der Waals surface area contributed by atoms with Crippen LogP contribution in [-0.4, -0.2) is 59.7 Å². The molecule has 0 atom stereocenters. The van der Waals surface area contributed by atoms with Crippen molar-refractivity contribution in [2.75, 3.05) is 26.2 Å². The minimum Gasteiger partial charge on any atom is -0.335 e. The average molecular weight is 485 g/mol. The summed E-state index contributed by atoms with van der Waals surface area (Å²) in [6, 6.07) is 9.54. The van der Waals surface area contributed by atoms with Gasteiger partial charge in [-0.3, -0.25) is 9.78 Å². The lowest BCUT2D eigenvalue weighted by atomic mass is 10.2. The van der Waals surface area contributed by atoms with E-state index in [1.807, 2.05) is 0 Å². The van der Waals surface area contributed by atoms with Crippen molar-refractivity contribution in [2.45, 2.75) is 11.1 Å². The molecule has 3 aromatic rings. The second kappa shape index (κ2) is 8.30. The van der Waals surface area contributed by atoms with Gasteiger partial charge in [-0.25, -0.2) is 13.4 Å². The quantitative estimate of drug-likeness (QED) is 0.568. The molecule has 168 valence electrons. The van der Waals surface area contributed by atoms with Gasteiger partial charge in [-0.15, -0.1) is 0 Å². The van der Waals surface area contributed by atoms with Crippen molar-refractivity contribution in [1.29, 1.82) is 0 Å². The maximum atomic E-state index is 13.1.